The molecule has 7 heteroatoms. The maximum atomic E-state index is 10.5. The molecule has 0 bridgehead atoms. The highest BCUT2D eigenvalue weighted by atomic mass is 31.2. The lowest BCUT2D eigenvalue weighted by Gasteiger charge is -2.05. The van der Waals surface area contributed by atoms with Gasteiger partial charge in [0.05, 0.1) is 6.61 Å². The first kappa shape index (κ1) is 8.13. The summed E-state index contributed by atoms with van der Waals surface area (Å²) >= 11 is 0. The predicted molar refractivity (Wildman–Crippen MR) is 30.9 cm³/mol. The molecule has 1 saturated heterocycles. The molecule has 1 aliphatic heterocycles. The van der Waals surface area contributed by atoms with Crippen LogP contribution in [-0.2, 0) is 9.09 Å². The van der Waals surface area contributed by atoms with E-state index in [1.807, 2.05) is 5.09 Å². The Bertz CT molecular complexity index is 172. The second-order valence-electron chi connectivity index (χ2n) is 1.92. The van der Waals surface area contributed by atoms with Gasteiger partial charge in [-0.3, -0.25) is 4.52 Å². The highest BCUT2D eigenvalue weighted by Gasteiger charge is 2.39. The van der Waals surface area contributed by atoms with Crippen LogP contribution in [-0.4, -0.2) is 34.0 Å². The average Bonchev–Trinajstić information content (AvgIpc) is 2.05. The van der Waals surface area contributed by atoms with Crippen LogP contribution in [0.3, 0.4) is 0 Å². The summed E-state index contributed by atoms with van der Waals surface area (Å²) in [5, 5.41) is 19.1. The summed E-state index contributed by atoms with van der Waals surface area (Å²) in [5.41, 5.74) is 0. The standard InChI is InChI=1S/C3H8NO5P/c5-1-2-3(6)4-10(7,8)9-2/h2-3,5-6H,1H2,(H2,4,7,8)/t2-,3+/m1/s1. The SMILES string of the molecule is O=P1(O)N[C@@H](O)[C@@H](CO)O1. The van der Waals surface area contributed by atoms with Gasteiger partial charge in [-0.25, -0.2) is 4.57 Å². The minimum Gasteiger partial charge on any atom is -0.393 e. The Morgan fingerprint density at radius 2 is 2.30 bits per heavy atom. The van der Waals surface area contributed by atoms with E-state index in [1.165, 1.54) is 0 Å². The van der Waals surface area contributed by atoms with Crippen LogP contribution in [0.5, 0.6) is 0 Å². The Balaban J connectivity index is 2.61. The third-order valence-electron chi connectivity index (χ3n) is 1.11. The summed E-state index contributed by atoms with van der Waals surface area (Å²) in [6, 6.07) is 0. The lowest BCUT2D eigenvalue weighted by Crippen LogP contribution is -2.31. The molecule has 1 heterocycles. The smallest absolute Gasteiger partial charge is 0.393 e. The van der Waals surface area contributed by atoms with Gasteiger partial charge in [0.25, 0.3) is 0 Å². The summed E-state index contributed by atoms with van der Waals surface area (Å²) in [7, 11) is -3.83. The Labute approximate surface area is 57.0 Å². The molecule has 0 aromatic rings. The van der Waals surface area contributed by atoms with E-state index < -0.39 is 26.7 Å². The van der Waals surface area contributed by atoms with Crippen LogP contribution in [0.4, 0.5) is 0 Å². The molecule has 0 aromatic carbocycles. The van der Waals surface area contributed by atoms with E-state index in [0.29, 0.717) is 0 Å². The Kier molecular flexibility index (Phi) is 2.10. The number of aliphatic hydroxyl groups excluding tert-OH is 2. The largest absolute Gasteiger partial charge is 0.405 e. The molecule has 0 aromatic heterocycles. The van der Waals surface area contributed by atoms with Gasteiger partial charge in [0.2, 0.25) is 0 Å². The molecule has 4 N–H and O–H groups in total. The van der Waals surface area contributed by atoms with Crippen LogP contribution < -0.4 is 5.09 Å². The van der Waals surface area contributed by atoms with Crippen LogP contribution in [0.2, 0.25) is 0 Å². The van der Waals surface area contributed by atoms with Crippen LogP contribution in [0.25, 0.3) is 0 Å². The third kappa shape index (κ3) is 1.54. The highest BCUT2D eigenvalue weighted by molar-refractivity contribution is 7.50. The van der Waals surface area contributed by atoms with Crippen LogP contribution in [0.1, 0.15) is 0 Å². The normalized spacial score (nSPS) is 47.9. The van der Waals surface area contributed by atoms with Gasteiger partial charge < -0.3 is 15.1 Å². The average molecular weight is 169 g/mol. The van der Waals surface area contributed by atoms with Gasteiger partial charge in [0.15, 0.2) is 0 Å². The zero-order chi connectivity index (χ0) is 7.78. The van der Waals surface area contributed by atoms with Crippen molar-refractivity contribution in [1.29, 1.82) is 0 Å². The molecule has 0 aliphatic carbocycles. The van der Waals surface area contributed by atoms with Crippen molar-refractivity contribution >= 4 is 7.75 Å². The molecule has 10 heavy (non-hydrogen) atoms. The molecule has 0 radical (unpaired) electrons. The van der Waals surface area contributed by atoms with E-state index in [0.717, 1.165) is 0 Å². The molecular weight excluding hydrogens is 161 g/mol. The van der Waals surface area contributed by atoms with Crippen molar-refractivity contribution in [3.8, 4) is 0 Å². The van der Waals surface area contributed by atoms with Crippen molar-refractivity contribution in [2.24, 2.45) is 0 Å². The molecule has 1 rings (SSSR count). The van der Waals surface area contributed by atoms with Gasteiger partial charge in [0.1, 0.15) is 12.3 Å². The summed E-state index contributed by atoms with van der Waals surface area (Å²) in [6.45, 7) is -0.487. The Hall–Kier alpha value is 0.0300. The summed E-state index contributed by atoms with van der Waals surface area (Å²) in [6.07, 6.45) is -2.27. The summed E-state index contributed by atoms with van der Waals surface area (Å²) < 4.78 is 14.9. The molecule has 1 aliphatic rings. The minimum absolute atomic E-state index is 0.487. The number of nitrogens with one attached hydrogen (secondary N) is 1. The number of aliphatic hydroxyl groups is 2. The molecule has 0 spiro atoms. The van der Waals surface area contributed by atoms with Gasteiger partial charge in [-0.2, -0.15) is 5.09 Å². The van der Waals surface area contributed by atoms with Crippen LogP contribution in [0.15, 0.2) is 0 Å². The first-order valence-corrected chi connectivity index (χ1v) is 4.21. The molecule has 0 amide bonds. The number of rotatable bonds is 1. The summed E-state index contributed by atoms with van der Waals surface area (Å²) in [4.78, 5) is 8.62. The molecule has 0 saturated carbocycles. The lowest BCUT2D eigenvalue weighted by atomic mass is 10.3. The van der Waals surface area contributed by atoms with Gasteiger partial charge in [-0.1, -0.05) is 0 Å². The van der Waals surface area contributed by atoms with E-state index >= 15 is 0 Å². The lowest BCUT2D eigenvalue weighted by molar-refractivity contribution is 0.0266. The zero-order valence-electron chi connectivity index (χ0n) is 4.97. The fourth-order valence-corrected chi connectivity index (χ4v) is 1.77. The number of hydrogen-bond acceptors (Lipinski definition) is 4. The maximum absolute atomic E-state index is 10.5. The quantitative estimate of drug-likeness (QED) is 0.352. The zero-order valence-corrected chi connectivity index (χ0v) is 5.86. The fourth-order valence-electron chi connectivity index (χ4n) is 0.655. The van der Waals surface area contributed by atoms with E-state index in [1.54, 1.807) is 0 Å². The van der Waals surface area contributed by atoms with Crippen molar-refractivity contribution in [2.75, 3.05) is 6.61 Å². The van der Waals surface area contributed by atoms with Gasteiger partial charge in [0, 0.05) is 0 Å². The highest BCUT2D eigenvalue weighted by Crippen LogP contribution is 2.44. The van der Waals surface area contributed by atoms with Crippen LogP contribution >= 0.6 is 7.75 Å². The molecule has 60 valence electrons. The Morgan fingerprint density at radius 3 is 2.50 bits per heavy atom. The first-order valence-electron chi connectivity index (χ1n) is 2.63. The molecule has 1 unspecified atom stereocenters. The van der Waals surface area contributed by atoms with Crippen molar-refractivity contribution < 1.29 is 24.2 Å². The van der Waals surface area contributed by atoms with Crippen molar-refractivity contribution in [2.45, 2.75) is 12.3 Å². The second-order valence-corrected chi connectivity index (χ2v) is 3.43. The van der Waals surface area contributed by atoms with Crippen molar-refractivity contribution in [3.63, 3.8) is 0 Å². The third-order valence-corrected chi connectivity index (χ3v) is 2.25. The van der Waals surface area contributed by atoms with E-state index in [4.69, 9.17) is 15.1 Å². The second kappa shape index (κ2) is 2.58. The topological polar surface area (TPSA) is 99.0 Å². The van der Waals surface area contributed by atoms with E-state index in [2.05, 4.69) is 4.52 Å². The first-order chi connectivity index (χ1) is 4.55. The van der Waals surface area contributed by atoms with Gasteiger partial charge in [-0.05, 0) is 0 Å². The van der Waals surface area contributed by atoms with Gasteiger partial charge >= 0.3 is 7.75 Å². The monoisotopic (exact) mass is 169 g/mol. The van der Waals surface area contributed by atoms with Crippen LogP contribution in [0, 0.1) is 0 Å². The molecule has 1 fully saturated rings. The van der Waals surface area contributed by atoms with Gasteiger partial charge in [-0.15, -0.1) is 0 Å². The predicted octanol–water partition coefficient (Wildman–Crippen LogP) is -1.61. The minimum atomic E-state index is -3.83. The maximum Gasteiger partial charge on any atom is 0.405 e. The van der Waals surface area contributed by atoms with Crippen molar-refractivity contribution in [1.82, 2.24) is 5.09 Å². The van der Waals surface area contributed by atoms with E-state index in [-0.39, 0.29) is 0 Å². The summed E-state index contributed by atoms with van der Waals surface area (Å²) in [5.74, 6) is 0. The molecule has 3 atom stereocenters. The van der Waals surface area contributed by atoms with E-state index in [9.17, 15) is 4.57 Å². The molecular formula is C3H8NO5P. The molecule has 6 nitrogen and oxygen atoms in total. The van der Waals surface area contributed by atoms with Crippen molar-refractivity contribution in [3.05, 3.63) is 0 Å². The fraction of sp³-hybridized carbons (Fsp3) is 1.00. The Morgan fingerprint density at radius 1 is 1.70 bits per heavy atom. The number of hydrogen-bond donors (Lipinski definition) is 4.